The number of ether oxygens (including phenoxy) is 1. The van der Waals surface area contributed by atoms with Gasteiger partial charge in [0.2, 0.25) is 0 Å². The number of carboxylic acid groups (broad SMARTS) is 1. The van der Waals surface area contributed by atoms with E-state index in [2.05, 4.69) is 5.32 Å². The number of carboxylic acids is 1. The number of urea groups is 1. The van der Waals surface area contributed by atoms with E-state index >= 15 is 0 Å². The molecule has 0 bridgehead atoms. The van der Waals surface area contributed by atoms with Gasteiger partial charge >= 0.3 is 18.0 Å². The Morgan fingerprint density at radius 1 is 1.43 bits per heavy atom. The predicted molar refractivity (Wildman–Crippen MR) is 75.7 cm³/mol. The van der Waals surface area contributed by atoms with Crippen molar-refractivity contribution in [3.8, 4) is 0 Å². The van der Waals surface area contributed by atoms with Crippen LogP contribution in [0, 0.1) is 11.8 Å². The number of aliphatic carboxylic acids is 1. The number of hydrogen-bond donors (Lipinski definition) is 2. The third-order valence-corrected chi connectivity index (χ3v) is 3.48. The lowest BCUT2D eigenvalue weighted by Crippen LogP contribution is -2.47. The molecular weight excluding hydrogens is 276 g/mol. The van der Waals surface area contributed by atoms with Crippen LogP contribution in [0.15, 0.2) is 0 Å². The molecule has 0 aromatic rings. The number of carbonyl (C=O) groups is 3. The molecule has 1 heterocycles. The Hall–Kier alpha value is -1.79. The van der Waals surface area contributed by atoms with Gasteiger partial charge in [0, 0.05) is 26.1 Å². The predicted octanol–water partition coefficient (Wildman–Crippen LogP) is 1.08. The summed E-state index contributed by atoms with van der Waals surface area (Å²) in [6.07, 6.45) is 1.56. The van der Waals surface area contributed by atoms with Crippen LogP contribution in [0.25, 0.3) is 0 Å². The zero-order valence-corrected chi connectivity index (χ0v) is 12.6. The first kappa shape index (κ1) is 17.3. The summed E-state index contributed by atoms with van der Waals surface area (Å²) < 4.78 is 4.85. The van der Waals surface area contributed by atoms with Gasteiger partial charge in [-0.05, 0) is 25.7 Å². The Bertz CT molecular complexity index is 386. The topological polar surface area (TPSA) is 95.9 Å². The van der Waals surface area contributed by atoms with Crippen LogP contribution in [0.5, 0.6) is 0 Å². The maximum Gasteiger partial charge on any atom is 0.317 e. The number of carbonyl (C=O) groups excluding carboxylic acids is 2. The molecule has 0 saturated carbocycles. The van der Waals surface area contributed by atoms with Gasteiger partial charge in [0.25, 0.3) is 0 Å². The maximum atomic E-state index is 12.0. The van der Waals surface area contributed by atoms with Crippen molar-refractivity contribution in [2.45, 2.75) is 33.1 Å². The van der Waals surface area contributed by atoms with Gasteiger partial charge < -0.3 is 20.1 Å². The zero-order chi connectivity index (χ0) is 15.8. The zero-order valence-electron chi connectivity index (χ0n) is 12.6. The molecule has 0 spiro atoms. The Labute approximate surface area is 124 Å². The molecule has 1 aliphatic rings. The van der Waals surface area contributed by atoms with E-state index in [9.17, 15) is 14.4 Å². The molecule has 2 unspecified atom stereocenters. The van der Waals surface area contributed by atoms with Crippen LogP contribution in [0.3, 0.4) is 0 Å². The van der Waals surface area contributed by atoms with E-state index < -0.39 is 11.9 Å². The minimum atomic E-state index is -0.858. The van der Waals surface area contributed by atoms with Crippen LogP contribution < -0.4 is 5.32 Å². The number of rotatable bonds is 6. The minimum Gasteiger partial charge on any atom is -0.481 e. The van der Waals surface area contributed by atoms with E-state index in [0.29, 0.717) is 32.5 Å². The second-order valence-electron chi connectivity index (χ2n) is 5.42. The van der Waals surface area contributed by atoms with Crippen molar-refractivity contribution in [3.63, 3.8) is 0 Å². The summed E-state index contributed by atoms with van der Waals surface area (Å²) in [7, 11) is 0. The van der Waals surface area contributed by atoms with Gasteiger partial charge in [-0.15, -0.1) is 0 Å². The molecule has 1 saturated heterocycles. The molecular formula is C14H24N2O5. The number of piperidine rings is 1. The van der Waals surface area contributed by atoms with Crippen molar-refractivity contribution >= 4 is 18.0 Å². The van der Waals surface area contributed by atoms with Crippen molar-refractivity contribution in [2.75, 3.05) is 26.2 Å². The van der Waals surface area contributed by atoms with Crippen LogP contribution in [-0.2, 0) is 14.3 Å². The molecule has 1 rings (SSSR count). The normalized spacial score (nSPS) is 19.7. The highest BCUT2D eigenvalue weighted by atomic mass is 16.5. The summed E-state index contributed by atoms with van der Waals surface area (Å²) >= 11 is 0. The maximum absolute atomic E-state index is 12.0. The van der Waals surface area contributed by atoms with Crippen molar-refractivity contribution in [2.24, 2.45) is 11.8 Å². The van der Waals surface area contributed by atoms with Gasteiger partial charge in [-0.3, -0.25) is 9.59 Å². The summed E-state index contributed by atoms with van der Waals surface area (Å²) in [5.41, 5.74) is 0. The van der Waals surface area contributed by atoms with Gasteiger partial charge in [-0.25, -0.2) is 4.79 Å². The third-order valence-electron chi connectivity index (χ3n) is 3.48. The first-order valence-electron chi connectivity index (χ1n) is 7.35. The van der Waals surface area contributed by atoms with Crippen LogP contribution in [-0.4, -0.2) is 54.2 Å². The van der Waals surface area contributed by atoms with E-state index in [0.717, 1.165) is 0 Å². The quantitative estimate of drug-likeness (QED) is 0.716. The van der Waals surface area contributed by atoms with E-state index in [1.54, 1.807) is 6.92 Å². The largest absolute Gasteiger partial charge is 0.481 e. The number of hydrogen-bond acceptors (Lipinski definition) is 4. The summed E-state index contributed by atoms with van der Waals surface area (Å²) in [6, 6.07) is -0.267. The fourth-order valence-corrected chi connectivity index (χ4v) is 2.31. The van der Waals surface area contributed by atoms with Crippen LogP contribution >= 0.6 is 0 Å². The van der Waals surface area contributed by atoms with E-state index in [1.807, 2.05) is 6.92 Å². The van der Waals surface area contributed by atoms with Gasteiger partial charge in [0.1, 0.15) is 0 Å². The summed E-state index contributed by atoms with van der Waals surface area (Å²) in [5.74, 6) is -1.64. The fourth-order valence-electron chi connectivity index (χ4n) is 2.31. The van der Waals surface area contributed by atoms with Crippen molar-refractivity contribution in [1.82, 2.24) is 10.2 Å². The fraction of sp³-hybridized carbons (Fsp3) is 0.786. The number of likely N-dealkylation sites (tertiary alicyclic amines) is 1. The molecule has 0 aromatic heterocycles. The van der Waals surface area contributed by atoms with Crippen molar-refractivity contribution in [1.29, 1.82) is 0 Å². The minimum absolute atomic E-state index is 0.0203. The molecule has 120 valence electrons. The molecule has 7 nitrogen and oxygen atoms in total. The smallest absolute Gasteiger partial charge is 0.317 e. The molecule has 2 atom stereocenters. The van der Waals surface area contributed by atoms with Gasteiger partial charge in [-0.2, -0.15) is 0 Å². The highest BCUT2D eigenvalue weighted by molar-refractivity contribution is 5.76. The van der Waals surface area contributed by atoms with Crippen molar-refractivity contribution in [3.05, 3.63) is 0 Å². The molecule has 0 aliphatic carbocycles. The number of amides is 2. The van der Waals surface area contributed by atoms with Gasteiger partial charge in [0.15, 0.2) is 0 Å². The highest BCUT2D eigenvalue weighted by Gasteiger charge is 2.28. The average Bonchev–Trinajstić information content (AvgIpc) is 2.45. The standard InChI is InChI=1S/C14H24N2O5/c1-3-21-12(17)7-10(2)8-15-14(20)16-6-4-5-11(9-16)13(18)19/h10-11H,3-9H2,1-2H3,(H,15,20)(H,18,19). The molecule has 21 heavy (non-hydrogen) atoms. The monoisotopic (exact) mass is 300 g/mol. The lowest BCUT2D eigenvalue weighted by molar-refractivity contribution is -0.144. The Morgan fingerprint density at radius 2 is 2.14 bits per heavy atom. The second kappa shape index (κ2) is 8.49. The molecule has 1 fully saturated rings. The Balaban J connectivity index is 2.32. The van der Waals surface area contributed by atoms with Gasteiger partial charge in [-0.1, -0.05) is 6.92 Å². The lowest BCUT2D eigenvalue weighted by Gasteiger charge is -2.31. The number of esters is 1. The molecule has 1 aliphatic heterocycles. The van der Waals surface area contributed by atoms with Crippen LogP contribution in [0.4, 0.5) is 4.79 Å². The number of nitrogens with one attached hydrogen (secondary N) is 1. The molecule has 7 heteroatoms. The lowest BCUT2D eigenvalue weighted by atomic mass is 9.99. The van der Waals surface area contributed by atoms with E-state index in [1.165, 1.54) is 4.90 Å². The summed E-state index contributed by atoms with van der Waals surface area (Å²) in [5, 5.41) is 11.7. The molecule has 2 N–H and O–H groups in total. The van der Waals surface area contributed by atoms with Gasteiger partial charge in [0.05, 0.1) is 12.5 Å². The Kier molecular flexibility index (Phi) is 6.98. The first-order valence-corrected chi connectivity index (χ1v) is 7.35. The SMILES string of the molecule is CCOC(=O)CC(C)CNC(=O)N1CCCC(C(=O)O)C1. The molecule has 0 aromatic carbocycles. The third kappa shape index (κ3) is 6.01. The highest BCUT2D eigenvalue weighted by Crippen LogP contribution is 2.16. The van der Waals surface area contributed by atoms with Crippen LogP contribution in [0.1, 0.15) is 33.1 Å². The first-order chi connectivity index (χ1) is 9.93. The second-order valence-corrected chi connectivity index (χ2v) is 5.42. The van der Waals surface area contributed by atoms with E-state index in [4.69, 9.17) is 9.84 Å². The van der Waals surface area contributed by atoms with Crippen LogP contribution in [0.2, 0.25) is 0 Å². The average molecular weight is 300 g/mol. The summed E-state index contributed by atoms with van der Waals surface area (Å²) in [6.45, 7) is 5.14. The summed E-state index contributed by atoms with van der Waals surface area (Å²) in [4.78, 5) is 35.8. The molecule has 2 amide bonds. The molecule has 0 radical (unpaired) electrons. The van der Waals surface area contributed by atoms with E-state index in [-0.39, 0.29) is 30.9 Å². The number of nitrogens with zero attached hydrogens (tertiary/aromatic N) is 1. The Morgan fingerprint density at radius 3 is 2.76 bits per heavy atom. The van der Waals surface area contributed by atoms with Crippen molar-refractivity contribution < 1.29 is 24.2 Å².